The van der Waals surface area contributed by atoms with Gasteiger partial charge in [-0.2, -0.15) is 18.2 Å². The van der Waals surface area contributed by atoms with Gasteiger partial charge in [0.05, 0.1) is 0 Å². The molecule has 5 nitrogen and oxygen atoms in total. The summed E-state index contributed by atoms with van der Waals surface area (Å²) in [5.41, 5.74) is 2.98. The second-order valence-corrected chi connectivity index (χ2v) is 7.15. The molecule has 0 unspecified atom stereocenters. The summed E-state index contributed by atoms with van der Waals surface area (Å²) < 4.78 is 40.7. The van der Waals surface area contributed by atoms with Crippen molar-refractivity contribution in [3.05, 3.63) is 52.5 Å². The molecule has 0 amide bonds. The van der Waals surface area contributed by atoms with Gasteiger partial charge in [0, 0.05) is 17.7 Å². The molecule has 1 aliphatic heterocycles. The minimum absolute atomic E-state index is 0.0209. The molecule has 0 radical (unpaired) electrons. The summed E-state index contributed by atoms with van der Waals surface area (Å²) in [6.07, 6.45) is -2.83. The summed E-state index contributed by atoms with van der Waals surface area (Å²) in [6.45, 7) is 3.98. The normalized spacial score (nSPS) is 22.3. The number of anilines is 1. The highest BCUT2D eigenvalue weighted by Crippen LogP contribution is 2.42. The van der Waals surface area contributed by atoms with Gasteiger partial charge < -0.3 is 5.32 Å². The van der Waals surface area contributed by atoms with E-state index in [2.05, 4.69) is 15.4 Å². The maximum atomic E-state index is 13.2. The molecule has 2 aliphatic rings. The zero-order valence-corrected chi connectivity index (χ0v) is 15.0. The molecule has 2 heterocycles. The molecule has 0 saturated heterocycles. The minimum atomic E-state index is -4.65. The average Bonchev–Trinajstić information content (AvgIpc) is 3.04. The van der Waals surface area contributed by atoms with Crippen molar-refractivity contribution in [2.75, 3.05) is 5.32 Å². The number of alkyl halides is 3. The molecule has 27 heavy (non-hydrogen) atoms. The minimum Gasteiger partial charge on any atom is -0.328 e. The Morgan fingerprint density at radius 2 is 1.93 bits per heavy atom. The van der Waals surface area contributed by atoms with E-state index in [-0.39, 0.29) is 17.6 Å². The highest BCUT2D eigenvalue weighted by Gasteiger charge is 2.42. The Morgan fingerprint density at radius 3 is 2.56 bits per heavy atom. The van der Waals surface area contributed by atoms with E-state index in [4.69, 9.17) is 0 Å². The molecule has 4 rings (SSSR count). The molecule has 0 saturated carbocycles. The third-order valence-electron chi connectivity index (χ3n) is 5.08. The number of hydrogen-bond acceptors (Lipinski definition) is 4. The van der Waals surface area contributed by atoms with E-state index in [1.54, 1.807) is 0 Å². The van der Waals surface area contributed by atoms with E-state index in [9.17, 15) is 18.0 Å². The summed E-state index contributed by atoms with van der Waals surface area (Å²) in [5.74, 6) is -1.12. The number of benzene rings is 1. The van der Waals surface area contributed by atoms with Crippen molar-refractivity contribution < 1.29 is 18.0 Å². The van der Waals surface area contributed by atoms with Crippen molar-refractivity contribution in [1.29, 1.82) is 0 Å². The molecule has 1 aromatic heterocycles. The summed E-state index contributed by atoms with van der Waals surface area (Å²) >= 11 is 0. The zero-order chi connectivity index (χ0) is 19.3. The topological polar surface area (TPSA) is 59.8 Å². The Morgan fingerprint density at radius 1 is 1.22 bits per heavy atom. The van der Waals surface area contributed by atoms with Crippen molar-refractivity contribution in [3.8, 4) is 0 Å². The SMILES string of the molecule is CCc1ccc([C@H]2C3=C(C[C@@H](C)CC3=O)Nc3nc(C(F)(F)F)nn32)cc1. The van der Waals surface area contributed by atoms with Gasteiger partial charge >= 0.3 is 6.18 Å². The summed E-state index contributed by atoms with van der Waals surface area (Å²) in [5, 5.41) is 6.62. The number of nitrogens with one attached hydrogen (secondary N) is 1. The molecule has 2 atom stereocenters. The van der Waals surface area contributed by atoms with Gasteiger partial charge in [0.15, 0.2) is 5.78 Å². The maximum Gasteiger partial charge on any atom is 0.453 e. The Hall–Kier alpha value is -2.64. The Labute approximate surface area is 154 Å². The van der Waals surface area contributed by atoms with Crippen LogP contribution < -0.4 is 5.32 Å². The number of rotatable bonds is 2. The van der Waals surface area contributed by atoms with Gasteiger partial charge in [-0.1, -0.05) is 38.1 Å². The highest BCUT2D eigenvalue weighted by atomic mass is 19.4. The number of nitrogens with zero attached hydrogens (tertiary/aromatic N) is 3. The molecular formula is C19H19F3N4O. The first-order chi connectivity index (χ1) is 12.8. The van der Waals surface area contributed by atoms with E-state index in [1.807, 2.05) is 38.1 Å². The number of carbonyl (C=O) groups is 1. The lowest BCUT2D eigenvalue weighted by molar-refractivity contribution is -0.145. The van der Waals surface area contributed by atoms with E-state index >= 15 is 0 Å². The Bertz CT molecular complexity index is 927. The number of carbonyl (C=O) groups excluding carboxylic acids is 1. The molecule has 0 fully saturated rings. The van der Waals surface area contributed by atoms with E-state index in [0.29, 0.717) is 24.1 Å². The smallest absolute Gasteiger partial charge is 0.328 e. The second-order valence-electron chi connectivity index (χ2n) is 7.15. The molecule has 0 spiro atoms. The van der Waals surface area contributed by atoms with Crippen molar-refractivity contribution in [2.24, 2.45) is 5.92 Å². The second kappa shape index (κ2) is 6.21. The van der Waals surface area contributed by atoms with Crippen LogP contribution in [0.4, 0.5) is 19.1 Å². The lowest BCUT2D eigenvalue weighted by Crippen LogP contribution is -2.33. The molecule has 1 N–H and O–H groups in total. The fourth-order valence-electron chi connectivity index (χ4n) is 3.77. The van der Waals surface area contributed by atoms with Crippen LogP contribution in [0.5, 0.6) is 0 Å². The van der Waals surface area contributed by atoms with E-state index < -0.39 is 18.0 Å². The van der Waals surface area contributed by atoms with Crippen LogP contribution in [0, 0.1) is 5.92 Å². The van der Waals surface area contributed by atoms with Gasteiger partial charge in [-0.05, 0) is 29.9 Å². The van der Waals surface area contributed by atoms with Gasteiger partial charge in [-0.15, -0.1) is 5.10 Å². The molecule has 142 valence electrons. The molecular weight excluding hydrogens is 357 g/mol. The number of Topliss-reactive ketones (excluding diaryl/α,β-unsaturated/α-hetero) is 1. The fraction of sp³-hybridized carbons (Fsp3) is 0.421. The van der Waals surface area contributed by atoms with Gasteiger partial charge in [-0.3, -0.25) is 4.79 Å². The van der Waals surface area contributed by atoms with Crippen LogP contribution in [0.15, 0.2) is 35.5 Å². The van der Waals surface area contributed by atoms with Gasteiger partial charge in [-0.25, -0.2) is 4.68 Å². The standard InChI is InChI=1S/C19H19F3N4O/c1-3-11-4-6-12(7-5-11)16-15-13(8-10(2)9-14(15)27)23-18-24-17(19(20,21)22)25-26(16)18/h4-7,10,16H,3,8-9H2,1-2H3,(H,23,24,25)/t10-,16+/m1/s1. The van der Waals surface area contributed by atoms with Crippen LogP contribution in [0.2, 0.25) is 0 Å². The Balaban J connectivity index is 1.88. The summed E-state index contributed by atoms with van der Waals surface area (Å²) in [6, 6.07) is 6.85. The zero-order valence-electron chi connectivity index (χ0n) is 15.0. The molecule has 0 bridgehead atoms. The van der Waals surface area contributed by atoms with Crippen LogP contribution in [-0.2, 0) is 17.4 Å². The van der Waals surface area contributed by atoms with Crippen LogP contribution in [0.25, 0.3) is 0 Å². The van der Waals surface area contributed by atoms with Crippen LogP contribution in [0.1, 0.15) is 49.7 Å². The third kappa shape index (κ3) is 3.02. The van der Waals surface area contributed by atoms with Crippen molar-refractivity contribution in [3.63, 3.8) is 0 Å². The number of ketones is 1. The highest BCUT2D eigenvalue weighted by molar-refractivity contribution is 5.99. The lowest BCUT2D eigenvalue weighted by atomic mass is 9.81. The number of allylic oxidation sites excluding steroid dienone is 2. The number of hydrogen-bond donors (Lipinski definition) is 1. The number of aromatic nitrogens is 3. The first-order valence-corrected chi connectivity index (χ1v) is 8.93. The molecule has 1 aromatic carbocycles. The largest absolute Gasteiger partial charge is 0.453 e. The van der Waals surface area contributed by atoms with Crippen LogP contribution in [0.3, 0.4) is 0 Å². The molecule has 2 aromatic rings. The van der Waals surface area contributed by atoms with E-state index in [1.165, 1.54) is 4.68 Å². The first-order valence-electron chi connectivity index (χ1n) is 8.93. The van der Waals surface area contributed by atoms with Crippen molar-refractivity contribution >= 4 is 11.7 Å². The van der Waals surface area contributed by atoms with Crippen molar-refractivity contribution in [1.82, 2.24) is 14.8 Å². The quantitative estimate of drug-likeness (QED) is 0.856. The average molecular weight is 376 g/mol. The number of aryl methyl sites for hydroxylation is 1. The number of fused-ring (bicyclic) bond motifs is 1. The van der Waals surface area contributed by atoms with E-state index in [0.717, 1.165) is 17.5 Å². The molecule has 8 heteroatoms. The summed E-state index contributed by atoms with van der Waals surface area (Å²) in [7, 11) is 0. The van der Waals surface area contributed by atoms with Crippen LogP contribution >= 0.6 is 0 Å². The van der Waals surface area contributed by atoms with Gasteiger partial charge in [0.1, 0.15) is 6.04 Å². The van der Waals surface area contributed by atoms with Gasteiger partial charge in [0.25, 0.3) is 5.82 Å². The molecule has 1 aliphatic carbocycles. The first kappa shape index (κ1) is 17.8. The van der Waals surface area contributed by atoms with Crippen molar-refractivity contribution in [2.45, 2.75) is 45.3 Å². The lowest BCUT2D eigenvalue weighted by Gasteiger charge is -2.34. The monoisotopic (exact) mass is 376 g/mol. The fourth-order valence-corrected chi connectivity index (χ4v) is 3.77. The predicted molar refractivity (Wildman–Crippen MR) is 93.0 cm³/mol. The third-order valence-corrected chi connectivity index (χ3v) is 5.08. The summed E-state index contributed by atoms with van der Waals surface area (Å²) in [4.78, 5) is 16.4. The van der Waals surface area contributed by atoms with Crippen LogP contribution in [-0.4, -0.2) is 20.5 Å². The van der Waals surface area contributed by atoms with Gasteiger partial charge in [0.2, 0.25) is 5.95 Å². The maximum absolute atomic E-state index is 13.2. The Kier molecular flexibility index (Phi) is 4.09. The predicted octanol–water partition coefficient (Wildman–Crippen LogP) is 4.13. The number of halogens is 3.